The summed E-state index contributed by atoms with van der Waals surface area (Å²) in [5.41, 5.74) is 0. The third-order valence-electron chi connectivity index (χ3n) is 7.71. The molecular formula is C36H70FeO6P2+2. The zero-order valence-corrected chi connectivity index (χ0v) is 32.1. The number of hydrogen-bond donors (Lipinski definition) is 0. The minimum absolute atomic E-state index is 0. The summed E-state index contributed by atoms with van der Waals surface area (Å²) in [5.74, 6) is 0. The summed E-state index contributed by atoms with van der Waals surface area (Å²) in [6.07, 6.45) is 44.6. The van der Waals surface area contributed by atoms with Crippen molar-refractivity contribution >= 4 is 16.5 Å². The predicted molar refractivity (Wildman–Crippen MR) is 186 cm³/mol. The van der Waals surface area contributed by atoms with E-state index in [2.05, 4.69) is 47.2 Å². The molecule has 0 aliphatic rings. The van der Waals surface area contributed by atoms with Crippen LogP contribution in [0.1, 0.15) is 194 Å². The van der Waals surface area contributed by atoms with Crippen LogP contribution in [0, 0.1) is 0 Å². The summed E-state index contributed by atoms with van der Waals surface area (Å²) in [6, 6.07) is 0. The second-order valence-corrected chi connectivity index (χ2v) is 13.4. The van der Waals surface area contributed by atoms with Gasteiger partial charge in [-0.25, -0.2) is 0 Å². The normalized spacial score (nSPS) is 11.9. The molecule has 0 aromatic carbocycles. The average Bonchev–Trinajstić information content (AvgIpc) is 3.00. The van der Waals surface area contributed by atoms with Crippen molar-refractivity contribution in [2.75, 3.05) is 13.2 Å². The Bertz CT molecular complexity index is 595. The van der Waals surface area contributed by atoms with E-state index in [1.807, 2.05) is 0 Å². The first-order valence-corrected chi connectivity index (χ1v) is 20.6. The van der Waals surface area contributed by atoms with Crippen LogP contribution in [0.2, 0.25) is 0 Å². The minimum Gasteiger partial charge on any atom is -0.566 e. The van der Waals surface area contributed by atoms with E-state index in [1.54, 1.807) is 0 Å². The molecule has 0 aliphatic heterocycles. The number of allylic oxidation sites excluding steroid dienone is 4. The van der Waals surface area contributed by atoms with Gasteiger partial charge in [0, 0.05) is 0 Å². The van der Waals surface area contributed by atoms with Gasteiger partial charge < -0.3 is 9.79 Å². The van der Waals surface area contributed by atoms with Crippen LogP contribution in [0.3, 0.4) is 0 Å². The van der Waals surface area contributed by atoms with Crippen molar-refractivity contribution in [1.29, 1.82) is 0 Å². The third-order valence-corrected chi connectivity index (χ3v) is 8.49. The second-order valence-electron chi connectivity index (χ2n) is 12.0. The van der Waals surface area contributed by atoms with Gasteiger partial charge in [-0.05, 0) is 73.3 Å². The summed E-state index contributed by atoms with van der Waals surface area (Å²) >= 11 is 0. The van der Waals surface area contributed by atoms with E-state index >= 15 is 0 Å². The first-order valence-electron chi connectivity index (χ1n) is 18.4. The van der Waals surface area contributed by atoms with Crippen molar-refractivity contribution in [1.82, 2.24) is 0 Å². The molecule has 0 aromatic rings. The molecule has 0 N–H and O–H groups in total. The van der Waals surface area contributed by atoms with Crippen molar-refractivity contribution in [2.24, 2.45) is 0 Å². The molecule has 6 nitrogen and oxygen atoms in total. The van der Waals surface area contributed by atoms with Gasteiger partial charge in [-0.3, -0.25) is 0 Å². The molecule has 9 heteroatoms. The van der Waals surface area contributed by atoms with Crippen LogP contribution in [0.15, 0.2) is 24.3 Å². The fourth-order valence-corrected chi connectivity index (χ4v) is 5.53. The molecule has 0 rings (SSSR count). The van der Waals surface area contributed by atoms with E-state index < -0.39 is 16.5 Å². The fraction of sp³-hybridized carbons (Fsp3) is 0.889. The molecular weight excluding hydrogens is 646 g/mol. The average molecular weight is 717 g/mol. The maximum atomic E-state index is 10.2. The third kappa shape index (κ3) is 53.8. The predicted octanol–water partition coefficient (Wildman–Crippen LogP) is 12.1. The molecule has 45 heavy (non-hydrogen) atoms. The number of hydrogen-bond acceptors (Lipinski definition) is 6. The van der Waals surface area contributed by atoms with Crippen LogP contribution in [-0.4, -0.2) is 13.2 Å². The first-order chi connectivity index (χ1) is 21.5. The molecule has 0 saturated heterocycles. The van der Waals surface area contributed by atoms with Crippen LogP contribution < -0.4 is 9.79 Å². The Morgan fingerprint density at radius 2 is 0.622 bits per heavy atom. The number of rotatable bonds is 34. The largest absolute Gasteiger partial charge is 2.00 e. The Morgan fingerprint density at radius 1 is 0.400 bits per heavy atom. The maximum Gasteiger partial charge on any atom is 2.00 e. The second kappa shape index (κ2) is 46.2. The van der Waals surface area contributed by atoms with Gasteiger partial charge in [0.15, 0.2) is 0 Å². The van der Waals surface area contributed by atoms with E-state index in [4.69, 9.17) is 0 Å². The van der Waals surface area contributed by atoms with Gasteiger partial charge in [-0.1, -0.05) is 154 Å². The van der Waals surface area contributed by atoms with Gasteiger partial charge in [-0.15, -0.1) is 9.05 Å². The van der Waals surface area contributed by atoms with Gasteiger partial charge in [0.25, 0.3) is 0 Å². The molecule has 0 fully saturated rings. The molecule has 0 amide bonds. The van der Waals surface area contributed by atoms with Crippen molar-refractivity contribution in [2.45, 2.75) is 194 Å². The van der Waals surface area contributed by atoms with Crippen LogP contribution in [0.25, 0.3) is 0 Å². The molecule has 0 aromatic heterocycles. The minimum atomic E-state index is -2.65. The van der Waals surface area contributed by atoms with E-state index in [0.29, 0.717) is 13.2 Å². The monoisotopic (exact) mass is 716 g/mol. The van der Waals surface area contributed by atoms with Crippen LogP contribution >= 0.6 is 16.5 Å². The van der Waals surface area contributed by atoms with E-state index in [1.165, 1.54) is 154 Å². The Morgan fingerprint density at radius 3 is 0.867 bits per heavy atom. The fourth-order valence-electron chi connectivity index (χ4n) is 4.98. The molecule has 0 spiro atoms. The Balaban J connectivity index is -0.000000767. The van der Waals surface area contributed by atoms with Gasteiger partial charge in [0.2, 0.25) is 0 Å². The molecule has 0 bridgehead atoms. The van der Waals surface area contributed by atoms with Gasteiger partial charge >= 0.3 is 33.6 Å². The zero-order chi connectivity index (χ0) is 32.6. The summed E-state index contributed by atoms with van der Waals surface area (Å²) in [6.45, 7) is 5.21. The molecule has 266 valence electrons. The zero-order valence-electron chi connectivity index (χ0n) is 29.2. The standard InChI is InChI=1S/2C18H35O3P.Fe/c2*1-2-3-4-5-6-7-8-9-10-11-12-13-14-15-16-17-18-21-22(19)20;/h2*9-10H,2-8,11-18H2,1H3;/q;;+2/b2*10-9-;. The molecule has 0 heterocycles. The first kappa shape index (κ1) is 49.4. The number of unbranched alkanes of at least 4 members (excludes halogenated alkanes) is 24. The summed E-state index contributed by atoms with van der Waals surface area (Å²) in [5, 5.41) is 0. The smallest absolute Gasteiger partial charge is 0.566 e. The van der Waals surface area contributed by atoms with E-state index in [9.17, 15) is 18.9 Å². The summed E-state index contributed by atoms with van der Waals surface area (Å²) < 4.78 is 29.3. The Kier molecular flexibility index (Phi) is 50.7. The Labute approximate surface area is 291 Å². The van der Waals surface area contributed by atoms with Crippen molar-refractivity contribution < 1.29 is 45.0 Å². The molecule has 0 aliphatic carbocycles. The molecule has 2 atom stereocenters. The van der Waals surface area contributed by atoms with Crippen molar-refractivity contribution in [3.05, 3.63) is 24.3 Å². The van der Waals surface area contributed by atoms with Crippen LogP contribution in [0.4, 0.5) is 0 Å². The van der Waals surface area contributed by atoms with Gasteiger partial charge in [-0.2, -0.15) is 0 Å². The Hall–Kier alpha value is 0.0395. The molecule has 0 saturated carbocycles. The quantitative estimate of drug-likeness (QED) is 0.0284. The van der Waals surface area contributed by atoms with Crippen molar-refractivity contribution in [3.63, 3.8) is 0 Å². The van der Waals surface area contributed by atoms with Gasteiger partial charge in [0.1, 0.15) is 13.2 Å². The molecule has 0 radical (unpaired) electrons. The van der Waals surface area contributed by atoms with E-state index in [0.717, 1.165) is 25.7 Å². The van der Waals surface area contributed by atoms with E-state index in [-0.39, 0.29) is 17.1 Å². The summed E-state index contributed by atoms with van der Waals surface area (Å²) in [4.78, 5) is 20.3. The van der Waals surface area contributed by atoms with Crippen LogP contribution in [-0.2, 0) is 35.2 Å². The molecule has 2 unspecified atom stereocenters. The van der Waals surface area contributed by atoms with Crippen molar-refractivity contribution in [3.8, 4) is 0 Å². The maximum absolute atomic E-state index is 10.2. The SMILES string of the molecule is CCCCCCCC/C=C\CCCCCCCCO[P+](=O)[O-].CCCCCCCC/C=C\CCCCCCCCO[P+](=O)[O-].[Fe+2]. The van der Waals surface area contributed by atoms with Crippen LogP contribution in [0.5, 0.6) is 0 Å². The topological polar surface area (TPSA) is 98.7 Å². The summed E-state index contributed by atoms with van der Waals surface area (Å²) in [7, 11) is -5.30. The van der Waals surface area contributed by atoms with Gasteiger partial charge in [0.05, 0.1) is 0 Å².